The fourth-order valence-electron chi connectivity index (χ4n) is 1.48. The van der Waals surface area contributed by atoms with Crippen molar-refractivity contribution in [3.63, 3.8) is 0 Å². The second-order valence-electron chi connectivity index (χ2n) is 3.43. The first kappa shape index (κ1) is 14.6. The maximum absolute atomic E-state index is 11.4. The normalized spacial score (nSPS) is 10.8. The first-order valence-electron chi connectivity index (χ1n) is 5.29. The maximum atomic E-state index is 11.4. The third kappa shape index (κ3) is 3.25. The predicted molar refractivity (Wildman–Crippen MR) is 67.2 cm³/mol. The van der Waals surface area contributed by atoms with Gasteiger partial charge in [0.2, 0.25) is 0 Å². The van der Waals surface area contributed by atoms with E-state index in [4.69, 9.17) is 14.6 Å². The number of carboxylic acid groups (broad SMARTS) is 1. The molecule has 0 aliphatic heterocycles. The second-order valence-corrected chi connectivity index (χ2v) is 3.43. The molecule has 6 heteroatoms. The summed E-state index contributed by atoms with van der Waals surface area (Å²) in [5, 5.41) is 9.01. The summed E-state index contributed by atoms with van der Waals surface area (Å²) in [4.78, 5) is 22.5. The van der Waals surface area contributed by atoms with Gasteiger partial charge in [0.15, 0.2) is 0 Å². The number of carboxylic acids is 1. The lowest BCUT2D eigenvalue weighted by Gasteiger charge is -2.10. The molecule has 0 saturated carbocycles. The monoisotopic (exact) mass is 266 g/mol. The molecule has 1 N–H and O–H groups in total. The van der Waals surface area contributed by atoms with Crippen molar-refractivity contribution in [2.75, 3.05) is 21.3 Å². The summed E-state index contributed by atoms with van der Waals surface area (Å²) in [5.74, 6) is -1.55. The molecule has 0 fully saturated rings. The van der Waals surface area contributed by atoms with Crippen LogP contribution in [0.4, 0.5) is 0 Å². The number of benzene rings is 1. The maximum Gasteiger partial charge on any atom is 0.345 e. The molecule has 0 aromatic heterocycles. The Morgan fingerprint density at radius 2 is 1.63 bits per heavy atom. The topological polar surface area (TPSA) is 82.1 Å². The second kappa shape index (κ2) is 6.44. The van der Waals surface area contributed by atoms with E-state index < -0.39 is 17.5 Å². The zero-order valence-corrected chi connectivity index (χ0v) is 10.8. The minimum absolute atomic E-state index is 0.357. The molecular weight excluding hydrogens is 252 g/mol. The van der Waals surface area contributed by atoms with Crippen LogP contribution in [0.1, 0.15) is 5.56 Å². The number of aliphatic carboxylic acids is 1. The lowest BCUT2D eigenvalue weighted by Crippen LogP contribution is -2.13. The summed E-state index contributed by atoms with van der Waals surface area (Å²) in [5.41, 5.74) is -0.152. The number of carbonyl (C=O) groups is 2. The Labute approximate surface area is 110 Å². The third-order valence-electron chi connectivity index (χ3n) is 2.39. The molecule has 0 spiro atoms. The molecule has 102 valence electrons. The van der Waals surface area contributed by atoms with E-state index in [1.807, 2.05) is 0 Å². The summed E-state index contributed by atoms with van der Waals surface area (Å²) in [6.07, 6.45) is 1.16. The summed E-state index contributed by atoms with van der Waals surface area (Å²) in [7, 11) is 3.98. The molecule has 0 atom stereocenters. The van der Waals surface area contributed by atoms with Crippen molar-refractivity contribution < 1.29 is 28.9 Å². The van der Waals surface area contributed by atoms with E-state index in [1.54, 1.807) is 18.2 Å². The van der Waals surface area contributed by atoms with Crippen LogP contribution in [0.15, 0.2) is 23.8 Å². The van der Waals surface area contributed by atoms with E-state index in [-0.39, 0.29) is 0 Å². The summed E-state index contributed by atoms with van der Waals surface area (Å²) < 4.78 is 14.6. The van der Waals surface area contributed by atoms with Crippen LogP contribution in [0.2, 0.25) is 0 Å². The SMILES string of the molecule is COC(=O)C(=Cc1c(OC)cccc1OC)C(=O)O. The average molecular weight is 266 g/mol. The van der Waals surface area contributed by atoms with Crippen LogP contribution in [-0.2, 0) is 14.3 Å². The lowest BCUT2D eigenvalue weighted by atomic mass is 10.1. The summed E-state index contributed by atoms with van der Waals surface area (Å²) in [6.45, 7) is 0. The highest BCUT2D eigenvalue weighted by Gasteiger charge is 2.20. The average Bonchev–Trinajstić information content (AvgIpc) is 2.43. The van der Waals surface area contributed by atoms with E-state index in [2.05, 4.69) is 4.74 Å². The van der Waals surface area contributed by atoms with Crippen molar-refractivity contribution in [2.45, 2.75) is 0 Å². The van der Waals surface area contributed by atoms with E-state index >= 15 is 0 Å². The summed E-state index contributed by atoms with van der Waals surface area (Å²) in [6, 6.07) is 4.95. The number of hydrogen-bond donors (Lipinski definition) is 1. The number of hydrogen-bond acceptors (Lipinski definition) is 5. The Kier molecular flexibility index (Phi) is 4.93. The van der Waals surface area contributed by atoms with E-state index in [0.717, 1.165) is 13.2 Å². The van der Waals surface area contributed by atoms with Gasteiger partial charge in [0.1, 0.15) is 17.1 Å². The molecule has 0 amide bonds. The van der Waals surface area contributed by atoms with Gasteiger partial charge in [-0.3, -0.25) is 0 Å². The molecule has 19 heavy (non-hydrogen) atoms. The molecule has 1 aromatic carbocycles. The molecule has 0 aliphatic rings. The zero-order valence-electron chi connectivity index (χ0n) is 10.8. The molecule has 0 radical (unpaired) electrons. The zero-order chi connectivity index (χ0) is 14.4. The molecule has 1 rings (SSSR count). The van der Waals surface area contributed by atoms with Gasteiger partial charge in [-0.05, 0) is 18.2 Å². The quantitative estimate of drug-likeness (QED) is 0.375. The molecule has 0 bridgehead atoms. The number of ether oxygens (including phenoxy) is 3. The molecule has 0 unspecified atom stereocenters. The highest BCUT2D eigenvalue weighted by molar-refractivity contribution is 6.17. The summed E-state index contributed by atoms with van der Waals surface area (Å²) >= 11 is 0. The van der Waals surface area contributed by atoms with Gasteiger partial charge in [-0.15, -0.1) is 0 Å². The number of carbonyl (C=O) groups excluding carboxylic acids is 1. The van der Waals surface area contributed by atoms with Crippen molar-refractivity contribution in [1.82, 2.24) is 0 Å². The van der Waals surface area contributed by atoms with Crippen LogP contribution < -0.4 is 9.47 Å². The fourth-order valence-corrected chi connectivity index (χ4v) is 1.48. The van der Waals surface area contributed by atoms with Crippen molar-refractivity contribution in [3.05, 3.63) is 29.3 Å². The van der Waals surface area contributed by atoms with Gasteiger partial charge >= 0.3 is 11.9 Å². The molecule has 0 aliphatic carbocycles. The van der Waals surface area contributed by atoms with Crippen LogP contribution in [0.3, 0.4) is 0 Å². The van der Waals surface area contributed by atoms with E-state index in [9.17, 15) is 9.59 Å². The highest BCUT2D eigenvalue weighted by Crippen LogP contribution is 2.30. The van der Waals surface area contributed by atoms with Gasteiger partial charge in [-0.1, -0.05) is 6.07 Å². The van der Waals surface area contributed by atoms with Gasteiger partial charge in [-0.2, -0.15) is 0 Å². The Hall–Kier alpha value is -2.50. The number of methoxy groups -OCH3 is 3. The first-order chi connectivity index (χ1) is 9.04. The lowest BCUT2D eigenvalue weighted by molar-refractivity contribution is -0.142. The number of rotatable bonds is 5. The Morgan fingerprint density at radius 1 is 1.11 bits per heavy atom. The van der Waals surface area contributed by atoms with Crippen molar-refractivity contribution >= 4 is 18.0 Å². The van der Waals surface area contributed by atoms with Crippen LogP contribution in [0.25, 0.3) is 6.08 Å². The number of esters is 1. The van der Waals surface area contributed by atoms with Crippen LogP contribution >= 0.6 is 0 Å². The Bertz CT molecular complexity index is 496. The van der Waals surface area contributed by atoms with Gasteiger partial charge in [0.05, 0.1) is 26.9 Å². The molecule has 1 aromatic rings. The first-order valence-corrected chi connectivity index (χ1v) is 5.29. The molecule has 6 nitrogen and oxygen atoms in total. The van der Waals surface area contributed by atoms with Crippen molar-refractivity contribution in [2.24, 2.45) is 0 Å². The van der Waals surface area contributed by atoms with Gasteiger partial charge in [0, 0.05) is 0 Å². The smallest absolute Gasteiger partial charge is 0.345 e. The van der Waals surface area contributed by atoms with Crippen molar-refractivity contribution in [3.8, 4) is 11.5 Å². The largest absolute Gasteiger partial charge is 0.496 e. The third-order valence-corrected chi connectivity index (χ3v) is 2.39. The van der Waals surface area contributed by atoms with Gasteiger partial charge < -0.3 is 19.3 Å². The van der Waals surface area contributed by atoms with Gasteiger partial charge in [-0.25, -0.2) is 9.59 Å². The van der Waals surface area contributed by atoms with Gasteiger partial charge in [0.25, 0.3) is 0 Å². The predicted octanol–water partition coefficient (Wildman–Crippen LogP) is 1.34. The minimum atomic E-state index is -1.39. The van der Waals surface area contributed by atoms with Crippen molar-refractivity contribution in [1.29, 1.82) is 0 Å². The van der Waals surface area contributed by atoms with Crippen LogP contribution in [-0.4, -0.2) is 38.4 Å². The Morgan fingerprint density at radius 3 is 2.00 bits per heavy atom. The minimum Gasteiger partial charge on any atom is -0.496 e. The standard InChI is InChI=1S/C13H14O6/c1-17-10-5-4-6-11(18-2)8(10)7-9(12(14)15)13(16)19-3/h4-7H,1-3H3,(H,14,15). The van der Waals surface area contributed by atoms with E-state index in [1.165, 1.54) is 14.2 Å². The van der Waals surface area contributed by atoms with E-state index in [0.29, 0.717) is 17.1 Å². The molecule has 0 saturated heterocycles. The highest BCUT2D eigenvalue weighted by atomic mass is 16.5. The van der Waals surface area contributed by atoms with Crippen LogP contribution in [0.5, 0.6) is 11.5 Å². The fraction of sp³-hybridized carbons (Fsp3) is 0.231. The Balaban J connectivity index is 3.42. The molecular formula is C13H14O6. The van der Waals surface area contributed by atoms with Crippen LogP contribution in [0, 0.1) is 0 Å². The molecule has 0 heterocycles.